The van der Waals surface area contributed by atoms with Crippen LogP contribution in [0.2, 0.25) is 0 Å². The Morgan fingerprint density at radius 2 is 1.78 bits per heavy atom. The molecule has 0 aliphatic carbocycles. The average molecular weight is 298 g/mol. The Labute approximate surface area is 133 Å². The molecule has 1 aliphatic heterocycles. The molecule has 0 unspecified atom stereocenters. The zero-order valence-corrected chi connectivity index (χ0v) is 12.4. The maximum atomic E-state index is 6.13. The lowest BCUT2D eigenvalue weighted by Crippen LogP contribution is -2.08. The van der Waals surface area contributed by atoms with Crippen molar-refractivity contribution in [2.75, 3.05) is 5.73 Å². The molecule has 0 amide bonds. The predicted molar refractivity (Wildman–Crippen MR) is 93.4 cm³/mol. The molecule has 0 fully saturated rings. The van der Waals surface area contributed by atoms with Crippen molar-refractivity contribution in [1.29, 1.82) is 0 Å². The Kier molecular flexibility index (Phi) is 2.42. The van der Waals surface area contributed by atoms with Crippen molar-refractivity contribution in [3.63, 3.8) is 0 Å². The van der Waals surface area contributed by atoms with Gasteiger partial charge in [0.2, 0.25) is 0 Å². The number of hydrogen-bond acceptors (Lipinski definition) is 3. The van der Waals surface area contributed by atoms with Gasteiger partial charge in [-0.25, -0.2) is 4.98 Å². The zero-order valence-electron chi connectivity index (χ0n) is 12.4. The largest absolute Gasteiger partial charge is 0.488 e. The van der Waals surface area contributed by atoms with E-state index in [0.29, 0.717) is 12.3 Å². The van der Waals surface area contributed by atoms with E-state index in [2.05, 4.69) is 24.3 Å². The highest BCUT2D eigenvalue weighted by atomic mass is 16.5. The fraction of sp³-hybridized carbons (Fsp3) is 0.0500. The van der Waals surface area contributed by atoms with Gasteiger partial charge in [-0.2, -0.15) is 0 Å². The molecule has 0 spiro atoms. The second kappa shape index (κ2) is 4.46. The van der Waals surface area contributed by atoms with Gasteiger partial charge >= 0.3 is 0 Å². The molecule has 0 atom stereocenters. The van der Waals surface area contributed by atoms with Crippen LogP contribution < -0.4 is 10.5 Å². The van der Waals surface area contributed by atoms with Gasteiger partial charge < -0.3 is 10.5 Å². The molecule has 2 heterocycles. The van der Waals surface area contributed by atoms with Gasteiger partial charge in [0.25, 0.3) is 0 Å². The predicted octanol–water partition coefficient (Wildman–Crippen LogP) is 4.53. The lowest BCUT2D eigenvalue weighted by Gasteiger charge is -2.22. The van der Waals surface area contributed by atoms with Crippen molar-refractivity contribution in [3.05, 3.63) is 66.2 Å². The summed E-state index contributed by atoms with van der Waals surface area (Å²) in [5, 5.41) is 3.40. The topological polar surface area (TPSA) is 48.1 Å². The van der Waals surface area contributed by atoms with E-state index >= 15 is 0 Å². The molecule has 3 heteroatoms. The Morgan fingerprint density at radius 1 is 0.913 bits per heavy atom. The summed E-state index contributed by atoms with van der Waals surface area (Å²) in [5.74, 6) is 0.887. The Hall–Kier alpha value is -3.07. The number of nitrogens with zero attached hydrogens (tertiary/aromatic N) is 1. The number of anilines is 1. The minimum atomic E-state index is 0.540. The van der Waals surface area contributed by atoms with Crippen LogP contribution in [0.1, 0.15) is 5.56 Å². The molecular formula is C20H14N2O. The van der Waals surface area contributed by atoms with Gasteiger partial charge in [-0.05, 0) is 29.0 Å². The van der Waals surface area contributed by atoms with Crippen LogP contribution in [0.15, 0.2) is 60.7 Å². The fourth-order valence-electron chi connectivity index (χ4n) is 3.36. The van der Waals surface area contributed by atoms with Crippen LogP contribution in [0, 0.1) is 0 Å². The molecule has 0 bridgehead atoms. The minimum Gasteiger partial charge on any atom is -0.488 e. The molecule has 5 rings (SSSR count). The van der Waals surface area contributed by atoms with Gasteiger partial charge in [-0.1, -0.05) is 42.5 Å². The zero-order chi connectivity index (χ0) is 15.4. The summed E-state index contributed by atoms with van der Waals surface area (Å²) in [6.07, 6.45) is 0. The summed E-state index contributed by atoms with van der Waals surface area (Å²) in [5.41, 5.74) is 10.8. The van der Waals surface area contributed by atoms with Crippen molar-refractivity contribution in [2.45, 2.75) is 6.61 Å². The number of benzene rings is 3. The second-order valence-electron chi connectivity index (χ2n) is 5.86. The average Bonchev–Trinajstić information content (AvgIpc) is 2.60. The first-order valence-corrected chi connectivity index (χ1v) is 7.64. The second-order valence-corrected chi connectivity index (χ2v) is 5.86. The maximum Gasteiger partial charge on any atom is 0.129 e. The molecule has 3 nitrogen and oxygen atoms in total. The van der Waals surface area contributed by atoms with Crippen molar-refractivity contribution in [3.8, 4) is 17.0 Å². The van der Waals surface area contributed by atoms with E-state index in [1.807, 2.05) is 36.4 Å². The fourth-order valence-corrected chi connectivity index (χ4v) is 3.36. The van der Waals surface area contributed by atoms with Crippen LogP contribution >= 0.6 is 0 Å². The number of nitrogen functional groups attached to an aromatic ring is 1. The van der Waals surface area contributed by atoms with Crippen molar-refractivity contribution < 1.29 is 4.74 Å². The van der Waals surface area contributed by atoms with E-state index in [0.717, 1.165) is 38.9 Å². The SMILES string of the molecule is Nc1cccc2cc3c(nc12)-c1c(ccc2ccccc12)OC3. The standard InChI is InChI=1S/C20H14N2O/c21-16-7-3-5-13-10-14-11-23-17-9-8-12-4-1-2-6-15(12)18(17)20(14)22-19(13)16/h1-10H,11,21H2. The monoisotopic (exact) mass is 298 g/mol. The molecule has 0 saturated carbocycles. The normalized spacial score (nSPS) is 12.7. The first-order valence-electron chi connectivity index (χ1n) is 7.64. The highest BCUT2D eigenvalue weighted by molar-refractivity contribution is 6.02. The molecule has 1 aliphatic rings. The van der Waals surface area contributed by atoms with Gasteiger partial charge in [0.05, 0.1) is 22.5 Å². The summed E-state index contributed by atoms with van der Waals surface area (Å²) >= 11 is 0. The van der Waals surface area contributed by atoms with E-state index in [1.165, 1.54) is 5.39 Å². The first-order chi connectivity index (χ1) is 11.3. The Bertz CT molecular complexity index is 1090. The Morgan fingerprint density at radius 3 is 2.74 bits per heavy atom. The van der Waals surface area contributed by atoms with Crippen LogP contribution in [0.25, 0.3) is 32.9 Å². The third kappa shape index (κ3) is 1.73. The molecular weight excluding hydrogens is 284 g/mol. The molecule has 4 aromatic rings. The van der Waals surface area contributed by atoms with Crippen molar-refractivity contribution in [2.24, 2.45) is 0 Å². The number of pyridine rings is 1. The molecule has 110 valence electrons. The first kappa shape index (κ1) is 12.5. The maximum absolute atomic E-state index is 6.13. The lowest BCUT2D eigenvalue weighted by molar-refractivity contribution is 0.302. The third-order valence-corrected chi connectivity index (χ3v) is 4.47. The molecule has 0 saturated heterocycles. The van der Waals surface area contributed by atoms with E-state index < -0.39 is 0 Å². The van der Waals surface area contributed by atoms with E-state index in [1.54, 1.807) is 0 Å². The number of nitrogens with two attached hydrogens (primary N) is 1. The number of para-hydroxylation sites is 1. The highest BCUT2D eigenvalue weighted by Gasteiger charge is 2.22. The number of rotatable bonds is 0. The number of aromatic nitrogens is 1. The van der Waals surface area contributed by atoms with Gasteiger partial charge in [0.1, 0.15) is 12.4 Å². The van der Waals surface area contributed by atoms with Gasteiger partial charge in [-0.15, -0.1) is 0 Å². The van der Waals surface area contributed by atoms with Crippen LogP contribution in [0.3, 0.4) is 0 Å². The van der Waals surface area contributed by atoms with E-state index in [4.69, 9.17) is 15.5 Å². The number of hydrogen-bond donors (Lipinski definition) is 1. The van der Waals surface area contributed by atoms with Gasteiger partial charge in [0, 0.05) is 10.9 Å². The highest BCUT2D eigenvalue weighted by Crippen LogP contribution is 2.42. The molecule has 0 radical (unpaired) electrons. The minimum absolute atomic E-state index is 0.540. The van der Waals surface area contributed by atoms with Crippen LogP contribution in [0.4, 0.5) is 5.69 Å². The van der Waals surface area contributed by atoms with Gasteiger partial charge in [-0.3, -0.25) is 0 Å². The smallest absolute Gasteiger partial charge is 0.129 e. The number of ether oxygens (including phenoxy) is 1. The summed E-state index contributed by atoms with van der Waals surface area (Å²) < 4.78 is 5.97. The number of fused-ring (bicyclic) bond motifs is 6. The van der Waals surface area contributed by atoms with Crippen LogP contribution in [-0.4, -0.2) is 4.98 Å². The van der Waals surface area contributed by atoms with Gasteiger partial charge in [0.15, 0.2) is 0 Å². The summed E-state index contributed by atoms with van der Waals surface area (Å²) in [7, 11) is 0. The molecule has 2 N–H and O–H groups in total. The molecule has 1 aromatic heterocycles. The third-order valence-electron chi connectivity index (χ3n) is 4.47. The van der Waals surface area contributed by atoms with E-state index in [-0.39, 0.29) is 0 Å². The molecule has 23 heavy (non-hydrogen) atoms. The summed E-state index contributed by atoms with van der Waals surface area (Å²) in [4.78, 5) is 4.90. The lowest BCUT2D eigenvalue weighted by atomic mass is 9.95. The van der Waals surface area contributed by atoms with Crippen LogP contribution in [0.5, 0.6) is 5.75 Å². The van der Waals surface area contributed by atoms with Crippen molar-refractivity contribution >= 4 is 27.4 Å². The molecule has 3 aromatic carbocycles. The van der Waals surface area contributed by atoms with E-state index in [9.17, 15) is 0 Å². The quantitative estimate of drug-likeness (QED) is 0.485. The Balaban J connectivity index is 1.92. The van der Waals surface area contributed by atoms with Crippen molar-refractivity contribution in [1.82, 2.24) is 4.98 Å². The summed E-state index contributed by atoms with van der Waals surface area (Å²) in [6.45, 7) is 0.540. The summed E-state index contributed by atoms with van der Waals surface area (Å²) in [6, 6.07) is 20.5. The van der Waals surface area contributed by atoms with Crippen LogP contribution in [-0.2, 0) is 6.61 Å².